The predicted molar refractivity (Wildman–Crippen MR) is 72.8 cm³/mol. The standard InChI is InChI=1S/C14H18N4O/c1-10-8-18(9-14-16-11(2)19-17-14)13-6-4-3-5-12(13)7-15-10/h3-6,10,15H,7-9H2,1-2H3. The molecule has 1 unspecified atom stereocenters. The molecule has 100 valence electrons. The lowest BCUT2D eigenvalue weighted by atomic mass is 10.1. The van der Waals surface area contributed by atoms with Gasteiger partial charge in [0.1, 0.15) is 0 Å². The summed E-state index contributed by atoms with van der Waals surface area (Å²) in [6.45, 7) is 6.53. The van der Waals surface area contributed by atoms with E-state index in [9.17, 15) is 0 Å². The second-order valence-electron chi connectivity index (χ2n) is 5.02. The average molecular weight is 258 g/mol. The average Bonchev–Trinajstić information content (AvgIpc) is 2.74. The Morgan fingerprint density at radius 2 is 2.26 bits per heavy atom. The zero-order valence-electron chi connectivity index (χ0n) is 11.3. The number of nitrogens with one attached hydrogen (secondary N) is 1. The number of aryl methyl sites for hydroxylation is 1. The Labute approximate surface area is 112 Å². The summed E-state index contributed by atoms with van der Waals surface area (Å²) in [7, 11) is 0. The van der Waals surface area contributed by atoms with Crippen molar-refractivity contribution in [2.75, 3.05) is 11.4 Å². The first kappa shape index (κ1) is 12.2. The molecule has 0 saturated carbocycles. The summed E-state index contributed by atoms with van der Waals surface area (Å²) in [5.74, 6) is 1.35. The third kappa shape index (κ3) is 2.61. The van der Waals surface area contributed by atoms with Crippen LogP contribution in [0.1, 0.15) is 24.2 Å². The molecule has 1 aromatic heterocycles. The van der Waals surface area contributed by atoms with Gasteiger partial charge >= 0.3 is 0 Å². The van der Waals surface area contributed by atoms with E-state index in [4.69, 9.17) is 4.52 Å². The summed E-state index contributed by atoms with van der Waals surface area (Å²) < 4.78 is 5.05. The van der Waals surface area contributed by atoms with E-state index in [-0.39, 0.29) is 0 Å². The van der Waals surface area contributed by atoms with Crippen molar-refractivity contribution in [3.63, 3.8) is 0 Å². The lowest BCUT2D eigenvalue weighted by Crippen LogP contribution is -2.35. The topological polar surface area (TPSA) is 54.2 Å². The molecule has 0 amide bonds. The summed E-state index contributed by atoms with van der Waals surface area (Å²) in [6, 6.07) is 8.90. The number of hydrogen-bond donors (Lipinski definition) is 1. The molecule has 5 nitrogen and oxygen atoms in total. The van der Waals surface area contributed by atoms with E-state index in [0.717, 1.165) is 18.9 Å². The number of aromatic nitrogens is 2. The fraction of sp³-hybridized carbons (Fsp3) is 0.429. The van der Waals surface area contributed by atoms with Crippen LogP contribution in [-0.4, -0.2) is 22.7 Å². The lowest BCUT2D eigenvalue weighted by Gasteiger charge is -2.24. The highest BCUT2D eigenvalue weighted by Gasteiger charge is 2.20. The molecule has 0 aliphatic carbocycles. The Morgan fingerprint density at radius 3 is 3.05 bits per heavy atom. The molecule has 0 fully saturated rings. The first-order valence-corrected chi connectivity index (χ1v) is 6.58. The zero-order valence-corrected chi connectivity index (χ0v) is 11.3. The van der Waals surface area contributed by atoms with Gasteiger partial charge in [-0.05, 0) is 18.6 Å². The van der Waals surface area contributed by atoms with Crippen molar-refractivity contribution in [3.05, 3.63) is 41.5 Å². The second-order valence-corrected chi connectivity index (χ2v) is 5.02. The molecular weight excluding hydrogens is 240 g/mol. The van der Waals surface area contributed by atoms with Gasteiger partial charge in [-0.2, -0.15) is 4.98 Å². The van der Waals surface area contributed by atoms with E-state index in [1.54, 1.807) is 0 Å². The summed E-state index contributed by atoms with van der Waals surface area (Å²) >= 11 is 0. The van der Waals surface area contributed by atoms with Crippen LogP contribution in [0.3, 0.4) is 0 Å². The summed E-state index contributed by atoms with van der Waals surface area (Å²) in [5.41, 5.74) is 2.56. The molecule has 0 radical (unpaired) electrons. The maximum Gasteiger partial charge on any atom is 0.223 e. The van der Waals surface area contributed by atoms with E-state index < -0.39 is 0 Å². The minimum atomic E-state index is 0.431. The molecule has 0 spiro atoms. The molecule has 1 N–H and O–H groups in total. The van der Waals surface area contributed by atoms with Crippen LogP contribution in [0.15, 0.2) is 28.8 Å². The maximum absolute atomic E-state index is 5.05. The van der Waals surface area contributed by atoms with Gasteiger partial charge < -0.3 is 14.7 Å². The van der Waals surface area contributed by atoms with Crippen LogP contribution in [0.2, 0.25) is 0 Å². The maximum atomic E-state index is 5.05. The predicted octanol–water partition coefficient (Wildman–Crippen LogP) is 1.88. The van der Waals surface area contributed by atoms with Gasteiger partial charge in [0, 0.05) is 31.7 Å². The number of benzene rings is 1. The Balaban J connectivity index is 1.89. The molecule has 3 rings (SSSR count). The monoisotopic (exact) mass is 258 g/mol. The number of para-hydroxylation sites is 1. The first-order chi connectivity index (χ1) is 9.22. The molecule has 1 aromatic carbocycles. The van der Waals surface area contributed by atoms with Gasteiger partial charge in [-0.25, -0.2) is 0 Å². The van der Waals surface area contributed by atoms with Crippen LogP contribution in [0.5, 0.6) is 0 Å². The molecule has 19 heavy (non-hydrogen) atoms. The quantitative estimate of drug-likeness (QED) is 0.891. The second kappa shape index (κ2) is 5.01. The van der Waals surface area contributed by atoms with E-state index >= 15 is 0 Å². The van der Waals surface area contributed by atoms with E-state index in [1.165, 1.54) is 11.3 Å². The van der Waals surface area contributed by atoms with Crippen molar-refractivity contribution in [1.82, 2.24) is 15.5 Å². The lowest BCUT2D eigenvalue weighted by molar-refractivity contribution is 0.386. The Morgan fingerprint density at radius 1 is 1.42 bits per heavy atom. The molecule has 5 heteroatoms. The van der Waals surface area contributed by atoms with Crippen molar-refractivity contribution in [2.24, 2.45) is 0 Å². The van der Waals surface area contributed by atoms with Crippen molar-refractivity contribution in [3.8, 4) is 0 Å². The van der Waals surface area contributed by atoms with Gasteiger partial charge in [-0.1, -0.05) is 23.4 Å². The minimum Gasteiger partial charge on any atom is -0.362 e. The molecule has 1 atom stereocenters. The molecule has 0 saturated heterocycles. The summed E-state index contributed by atoms with van der Waals surface area (Å²) in [5, 5.41) is 7.51. The summed E-state index contributed by atoms with van der Waals surface area (Å²) in [6.07, 6.45) is 0. The highest BCUT2D eigenvalue weighted by atomic mass is 16.5. The molecule has 2 heterocycles. The number of fused-ring (bicyclic) bond motifs is 1. The van der Waals surface area contributed by atoms with Crippen LogP contribution < -0.4 is 10.2 Å². The van der Waals surface area contributed by atoms with E-state index in [1.807, 2.05) is 6.92 Å². The van der Waals surface area contributed by atoms with Gasteiger partial charge in [0.25, 0.3) is 0 Å². The van der Waals surface area contributed by atoms with Crippen molar-refractivity contribution in [2.45, 2.75) is 33.0 Å². The molecule has 1 aliphatic heterocycles. The van der Waals surface area contributed by atoms with Gasteiger partial charge in [0.15, 0.2) is 5.82 Å². The Bertz CT molecular complexity index is 566. The van der Waals surface area contributed by atoms with Crippen LogP contribution in [0, 0.1) is 6.92 Å². The molecule has 0 bridgehead atoms. The highest BCUT2D eigenvalue weighted by molar-refractivity contribution is 5.54. The normalized spacial score (nSPS) is 19.1. The fourth-order valence-corrected chi connectivity index (χ4v) is 2.47. The van der Waals surface area contributed by atoms with Gasteiger partial charge in [-0.15, -0.1) is 0 Å². The minimum absolute atomic E-state index is 0.431. The van der Waals surface area contributed by atoms with Crippen molar-refractivity contribution in [1.29, 1.82) is 0 Å². The van der Waals surface area contributed by atoms with E-state index in [0.29, 0.717) is 18.5 Å². The molecule has 2 aromatic rings. The van der Waals surface area contributed by atoms with Crippen LogP contribution >= 0.6 is 0 Å². The fourth-order valence-electron chi connectivity index (χ4n) is 2.47. The Kier molecular flexibility index (Phi) is 3.21. The van der Waals surface area contributed by atoms with Gasteiger partial charge in [-0.3, -0.25) is 0 Å². The van der Waals surface area contributed by atoms with Gasteiger partial charge in [0.2, 0.25) is 5.89 Å². The first-order valence-electron chi connectivity index (χ1n) is 6.58. The highest BCUT2D eigenvalue weighted by Crippen LogP contribution is 2.24. The van der Waals surface area contributed by atoms with E-state index in [2.05, 4.69) is 51.5 Å². The van der Waals surface area contributed by atoms with Gasteiger partial charge in [0.05, 0.1) is 6.54 Å². The van der Waals surface area contributed by atoms with Crippen molar-refractivity contribution >= 4 is 5.69 Å². The summed E-state index contributed by atoms with van der Waals surface area (Å²) in [4.78, 5) is 6.60. The number of nitrogens with zero attached hydrogens (tertiary/aromatic N) is 3. The van der Waals surface area contributed by atoms with Crippen LogP contribution in [0.25, 0.3) is 0 Å². The zero-order chi connectivity index (χ0) is 13.2. The van der Waals surface area contributed by atoms with Crippen LogP contribution in [0.4, 0.5) is 5.69 Å². The molecular formula is C14H18N4O. The number of anilines is 1. The SMILES string of the molecule is Cc1nc(CN2CC(C)NCc3ccccc32)no1. The largest absolute Gasteiger partial charge is 0.362 e. The number of rotatable bonds is 2. The van der Waals surface area contributed by atoms with Crippen molar-refractivity contribution < 1.29 is 4.52 Å². The third-order valence-corrected chi connectivity index (χ3v) is 3.37. The smallest absolute Gasteiger partial charge is 0.223 e. The Hall–Kier alpha value is -1.88. The number of hydrogen-bond acceptors (Lipinski definition) is 5. The molecule has 1 aliphatic rings. The third-order valence-electron chi connectivity index (χ3n) is 3.37. The van der Waals surface area contributed by atoms with Crippen LogP contribution in [-0.2, 0) is 13.1 Å².